The van der Waals surface area contributed by atoms with Crippen molar-refractivity contribution in [2.75, 3.05) is 32.8 Å². The summed E-state index contributed by atoms with van der Waals surface area (Å²) in [5.41, 5.74) is 2.88. The van der Waals surface area contributed by atoms with Crippen LogP contribution in [0.15, 0.2) is 0 Å². The van der Waals surface area contributed by atoms with Gasteiger partial charge >= 0.3 is 0 Å². The van der Waals surface area contributed by atoms with Crippen molar-refractivity contribution in [2.24, 2.45) is 0 Å². The summed E-state index contributed by atoms with van der Waals surface area (Å²) in [6.07, 6.45) is 0.842. The first-order valence-electron chi connectivity index (χ1n) is 6.59. The molecular formula is C14H18N2O4. The lowest BCUT2D eigenvalue weighted by atomic mass is 9.95. The summed E-state index contributed by atoms with van der Waals surface area (Å²) in [7, 11) is 3.69. The molecule has 0 spiro atoms. The van der Waals surface area contributed by atoms with Gasteiger partial charge in [0.05, 0.1) is 12.8 Å². The molecule has 6 heteroatoms. The number of anilines is 1. The van der Waals surface area contributed by atoms with E-state index in [0.29, 0.717) is 17.2 Å². The lowest BCUT2D eigenvalue weighted by Crippen LogP contribution is -2.28. The lowest BCUT2D eigenvalue weighted by molar-refractivity contribution is -0.114. The third-order valence-electron chi connectivity index (χ3n) is 3.66. The van der Waals surface area contributed by atoms with E-state index in [1.54, 1.807) is 7.11 Å². The highest BCUT2D eigenvalue weighted by Gasteiger charge is 2.32. The van der Waals surface area contributed by atoms with Crippen molar-refractivity contribution in [1.29, 1.82) is 0 Å². The van der Waals surface area contributed by atoms with Crippen LogP contribution >= 0.6 is 0 Å². The molecule has 0 aromatic heterocycles. The predicted molar refractivity (Wildman–Crippen MR) is 73.5 cm³/mol. The van der Waals surface area contributed by atoms with Crippen molar-refractivity contribution in [2.45, 2.75) is 19.9 Å². The van der Waals surface area contributed by atoms with Gasteiger partial charge in [-0.15, -0.1) is 0 Å². The Morgan fingerprint density at radius 3 is 2.75 bits per heavy atom. The molecule has 0 radical (unpaired) electrons. The summed E-state index contributed by atoms with van der Waals surface area (Å²) in [6, 6.07) is 0. The Hall–Kier alpha value is -1.95. The summed E-state index contributed by atoms with van der Waals surface area (Å²) >= 11 is 0. The van der Waals surface area contributed by atoms with Crippen LogP contribution in [0.1, 0.15) is 18.1 Å². The summed E-state index contributed by atoms with van der Waals surface area (Å²) in [4.78, 5) is 13.7. The molecule has 0 fully saturated rings. The van der Waals surface area contributed by atoms with Gasteiger partial charge in [0.15, 0.2) is 11.5 Å². The average molecular weight is 278 g/mol. The maximum absolute atomic E-state index is 11.5. The van der Waals surface area contributed by atoms with Gasteiger partial charge in [0.2, 0.25) is 18.4 Å². The fourth-order valence-electron chi connectivity index (χ4n) is 2.81. The third kappa shape index (κ3) is 1.96. The molecule has 20 heavy (non-hydrogen) atoms. The largest absolute Gasteiger partial charge is 0.492 e. The Morgan fingerprint density at radius 2 is 2.05 bits per heavy atom. The van der Waals surface area contributed by atoms with Crippen LogP contribution in [0.25, 0.3) is 0 Å². The van der Waals surface area contributed by atoms with E-state index >= 15 is 0 Å². The number of carbonyl (C=O) groups is 1. The molecule has 6 nitrogen and oxygen atoms in total. The highest BCUT2D eigenvalue weighted by Crippen LogP contribution is 2.52. The number of benzene rings is 1. The lowest BCUT2D eigenvalue weighted by Gasteiger charge is -2.29. The van der Waals surface area contributed by atoms with Crippen molar-refractivity contribution < 1.29 is 19.0 Å². The fraction of sp³-hybridized carbons (Fsp3) is 0.500. The molecule has 0 bridgehead atoms. The maximum Gasteiger partial charge on any atom is 0.231 e. The van der Waals surface area contributed by atoms with Crippen molar-refractivity contribution in [3.8, 4) is 17.2 Å². The van der Waals surface area contributed by atoms with Gasteiger partial charge in [-0.2, -0.15) is 0 Å². The third-order valence-corrected chi connectivity index (χ3v) is 3.66. The number of nitrogens with zero attached hydrogens (tertiary/aromatic N) is 1. The van der Waals surface area contributed by atoms with E-state index < -0.39 is 0 Å². The molecule has 0 aliphatic carbocycles. The van der Waals surface area contributed by atoms with Crippen molar-refractivity contribution in [3.63, 3.8) is 0 Å². The quantitative estimate of drug-likeness (QED) is 0.885. The van der Waals surface area contributed by atoms with Gasteiger partial charge in [0.1, 0.15) is 0 Å². The van der Waals surface area contributed by atoms with Crippen molar-refractivity contribution in [1.82, 2.24) is 4.90 Å². The Kier molecular flexibility index (Phi) is 3.17. The monoisotopic (exact) mass is 278 g/mol. The van der Waals surface area contributed by atoms with Crippen LogP contribution in [-0.4, -0.2) is 38.3 Å². The number of hydrogen-bond donors (Lipinski definition) is 1. The number of fused-ring (bicyclic) bond motifs is 2. The molecule has 0 saturated heterocycles. The average Bonchev–Trinajstić information content (AvgIpc) is 2.87. The van der Waals surface area contributed by atoms with Gasteiger partial charge in [-0.05, 0) is 19.0 Å². The number of amides is 1. The van der Waals surface area contributed by atoms with E-state index in [1.165, 1.54) is 6.92 Å². The van der Waals surface area contributed by atoms with Crippen LogP contribution in [0.4, 0.5) is 5.69 Å². The minimum atomic E-state index is -0.117. The van der Waals surface area contributed by atoms with Gasteiger partial charge in [0, 0.05) is 25.6 Å². The van der Waals surface area contributed by atoms with Crippen LogP contribution in [-0.2, 0) is 17.8 Å². The Bertz CT molecular complexity index is 571. The Morgan fingerprint density at radius 1 is 1.30 bits per heavy atom. The van der Waals surface area contributed by atoms with Crippen molar-refractivity contribution in [3.05, 3.63) is 11.1 Å². The first-order valence-corrected chi connectivity index (χ1v) is 6.59. The summed E-state index contributed by atoms with van der Waals surface area (Å²) in [6.45, 7) is 3.34. The molecule has 1 N–H and O–H groups in total. The minimum Gasteiger partial charge on any atom is -0.492 e. The van der Waals surface area contributed by atoms with Gasteiger partial charge < -0.3 is 24.4 Å². The molecule has 1 aromatic rings. The smallest absolute Gasteiger partial charge is 0.231 e. The number of rotatable bonds is 2. The van der Waals surface area contributed by atoms with Crippen LogP contribution in [0.2, 0.25) is 0 Å². The molecule has 3 rings (SSSR count). The summed E-state index contributed by atoms with van der Waals surface area (Å²) in [5, 5.41) is 2.88. The van der Waals surface area contributed by atoms with E-state index in [1.807, 2.05) is 0 Å². The highest BCUT2D eigenvalue weighted by molar-refractivity contribution is 5.93. The zero-order chi connectivity index (χ0) is 14.3. The second kappa shape index (κ2) is 4.86. The van der Waals surface area contributed by atoms with E-state index in [0.717, 1.165) is 36.3 Å². The summed E-state index contributed by atoms with van der Waals surface area (Å²) in [5.74, 6) is 1.77. The number of nitrogens with one attached hydrogen (secondary N) is 1. The molecule has 0 saturated carbocycles. The standard InChI is InChI=1S/C14H18N2O4/c1-8(17)15-11-9-4-5-16(2)6-10(9)12(18-3)14-13(11)19-7-20-14/h4-7H2,1-3H3,(H,15,17). The van der Waals surface area contributed by atoms with E-state index in [9.17, 15) is 4.79 Å². The van der Waals surface area contributed by atoms with E-state index in [4.69, 9.17) is 14.2 Å². The zero-order valence-electron chi connectivity index (χ0n) is 11.9. The van der Waals surface area contributed by atoms with E-state index in [2.05, 4.69) is 17.3 Å². The number of carbonyl (C=O) groups excluding carboxylic acids is 1. The number of likely N-dealkylation sites (N-methyl/N-ethyl adjacent to an activating group) is 1. The molecule has 108 valence electrons. The highest BCUT2D eigenvalue weighted by atomic mass is 16.7. The SMILES string of the molecule is COc1c2c(c(NC(C)=O)c3c1OCO3)CCN(C)C2. The van der Waals surface area contributed by atoms with Crippen LogP contribution < -0.4 is 19.5 Å². The first kappa shape index (κ1) is 13.1. The van der Waals surface area contributed by atoms with Gasteiger partial charge in [-0.1, -0.05) is 0 Å². The second-order valence-electron chi connectivity index (χ2n) is 5.10. The molecular weight excluding hydrogens is 260 g/mol. The van der Waals surface area contributed by atoms with E-state index in [-0.39, 0.29) is 12.7 Å². The van der Waals surface area contributed by atoms with Crippen molar-refractivity contribution >= 4 is 11.6 Å². The van der Waals surface area contributed by atoms with Crippen LogP contribution in [0.3, 0.4) is 0 Å². The van der Waals surface area contributed by atoms with Gasteiger partial charge in [0.25, 0.3) is 0 Å². The minimum absolute atomic E-state index is 0.117. The molecule has 1 amide bonds. The zero-order valence-corrected chi connectivity index (χ0v) is 11.9. The van der Waals surface area contributed by atoms with Crippen LogP contribution in [0.5, 0.6) is 17.2 Å². The molecule has 2 aliphatic heterocycles. The molecule has 0 unspecified atom stereocenters. The molecule has 0 atom stereocenters. The maximum atomic E-state index is 11.5. The number of methoxy groups -OCH3 is 1. The van der Waals surface area contributed by atoms with Crippen LogP contribution in [0, 0.1) is 0 Å². The predicted octanol–water partition coefficient (Wildman–Crippen LogP) is 1.37. The number of ether oxygens (including phenoxy) is 3. The second-order valence-corrected chi connectivity index (χ2v) is 5.10. The van der Waals surface area contributed by atoms with Gasteiger partial charge in [-0.25, -0.2) is 0 Å². The fourth-order valence-corrected chi connectivity index (χ4v) is 2.81. The Labute approximate surface area is 117 Å². The first-order chi connectivity index (χ1) is 9.61. The molecule has 1 aromatic carbocycles. The topological polar surface area (TPSA) is 60.0 Å². The molecule has 2 heterocycles. The number of hydrogen-bond acceptors (Lipinski definition) is 5. The summed E-state index contributed by atoms with van der Waals surface area (Å²) < 4.78 is 16.6. The molecule has 2 aliphatic rings. The normalized spacial score (nSPS) is 16.8. The Balaban J connectivity index is 2.22. The van der Waals surface area contributed by atoms with Gasteiger partial charge in [-0.3, -0.25) is 4.79 Å².